The number of carbonyl (C=O) groups excluding carboxylic acids is 2. The van der Waals surface area contributed by atoms with Crippen molar-refractivity contribution in [2.75, 3.05) is 6.54 Å². The zero-order valence-electron chi connectivity index (χ0n) is 13.4. The molecule has 1 N–H and O–H groups in total. The Kier molecular flexibility index (Phi) is 5.52. The molecule has 23 heavy (non-hydrogen) atoms. The summed E-state index contributed by atoms with van der Waals surface area (Å²) in [5.74, 6) is -0.661. The van der Waals surface area contributed by atoms with Gasteiger partial charge in [0.25, 0.3) is 0 Å². The van der Waals surface area contributed by atoms with E-state index in [0.717, 1.165) is 11.1 Å². The van der Waals surface area contributed by atoms with Gasteiger partial charge in [-0.2, -0.15) is 0 Å². The second kappa shape index (κ2) is 7.58. The predicted molar refractivity (Wildman–Crippen MR) is 88.7 cm³/mol. The van der Waals surface area contributed by atoms with Gasteiger partial charge in [0.2, 0.25) is 5.91 Å². The number of amides is 1. The lowest BCUT2D eigenvalue weighted by Crippen LogP contribution is -2.42. The molecule has 0 aromatic heterocycles. The van der Waals surface area contributed by atoms with Gasteiger partial charge in [-0.1, -0.05) is 60.7 Å². The van der Waals surface area contributed by atoms with Crippen LogP contribution in [0.25, 0.3) is 0 Å². The summed E-state index contributed by atoms with van der Waals surface area (Å²) >= 11 is 0. The van der Waals surface area contributed by atoms with Crippen molar-refractivity contribution in [2.24, 2.45) is 0 Å². The van der Waals surface area contributed by atoms with Gasteiger partial charge in [-0.3, -0.25) is 9.59 Å². The number of benzene rings is 2. The quantitative estimate of drug-likeness (QED) is 0.835. The van der Waals surface area contributed by atoms with Crippen molar-refractivity contribution in [3.8, 4) is 0 Å². The lowest BCUT2D eigenvalue weighted by molar-refractivity contribution is -0.145. The lowest BCUT2D eigenvalue weighted by atomic mass is 9.84. The second-order valence-electron chi connectivity index (χ2n) is 5.82. The number of esters is 1. The maximum atomic E-state index is 12.3. The van der Waals surface area contributed by atoms with Crippen LogP contribution in [0.15, 0.2) is 60.7 Å². The van der Waals surface area contributed by atoms with E-state index in [4.69, 9.17) is 4.74 Å². The van der Waals surface area contributed by atoms with Crippen LogP contribution in [-0.2, 0) is 26.3 Å². The van der Waals surface area contributed by atoms with Crippen molar-refractivity contribution >= 4 is 11.9 Å². The Morgan fingerprint density at radius 3 is 2.13 bits per heavy atom. The minimum absolute atomic E-state index is 0.137. The number of nitrogens with one attached hydrogen (secondary N) is 1. The minimum atomic E-state index is -0.707. The molecule has 2 aromatic rings. The summed E-state index contributed by atoms with van der Waals surface area (Å²) in [7, 11) is 0. The molecular formula is C19H21NO3. The minimum Gasteiger partial charge on any atom is -0.460 e. The highest BCUT2D eigenvalue weighted by Crippen LogP contribution is 2.22. The smallest absolute Gasteiger partial charge is 0.325 e. The van der Waals surface area contributed by atoms with Crippen molar-refractivity contribution in [3.63, 3.8) is 0 Å². The van der Waals surface area contributed by atoms with Crippen LogP contribution in [0, 0.1) is 0 Å². The van der Waals surface area contributed by atoms with E-state index >= 15 is 0 Å². The third-order valence-corrected chi connectivity index (χ3v) is 3.70. The Morgan fingerprint density at radius 1 is 0.957 bits per heavy atom. The van der Waals surface area contributed by atoms with Crippen molar-refractivity contribution in [1.29, 1.82) is 0 Å². The number of ether oxygens (including phenoxy) is 1. The maximum Gasteiger partial charge on any atom is 0.325 e. The lowest BCUT2D eigenvalue weighted by Gasteiger charge is -2.23. The molecule has 0 fully saturated rings. The number of hydrogen-bond acceptors (Lipinski definition) is 3. The van der Waals surface area contributed by atoms with Crippen LogP contribution in [0.1, 0.15) is 25.0 Å². The molecule has 0 saturated carbocycles. The van der Waals surface area contributed by atoms with Crippen LogP contribution in [0.5, 0.6) is 0 Å². The summed E-state index contributed by atoms with van der Waals surface area (Å²) < 4.78 is 5.14. The molecule has 0 atom stereocenters. The van der Waals surface area contributed by atoms with E-state index in [0.29, 0.717) is 0 Å². The molecule has 0 heterocycles. The number of rotatable bonds is 6. The van der Waals surface area contributed by atoms with Gasteiger partial charge >= 0.3 is 5.97 Å². The first-order chi connectivity index (χ1) is 11.0. The summed E-state index contributed by atoms with van der Waals surface area (Å²) in [6, 6.07) is 18.9. The van der Waals surface area contributed by atoms with Crippen LogP contribution in [0.4, 0.5) is 0 Å². The van der Waals surface area contributed by atoms with Gasteiger partial charge in [-0.05, 0) is 25.0 Å². The van der Waals surface area contributed by atoms with E-state index in [9.17, 15) is 9.59 Å². The summed E-state index contributed by atoms with van der Waals surface area (Å²) in [5, 5.41) is 2.64. The zero-order valence-corrected chi connectivity index (χ0v) is 13.4. The van der Waals surface area contributed by atoms with Crippen LogP contribution in [0.2, 0.25) is 0 Å². The van der Waals surface area contributed by atoms with Gasteiger partial charge in [0.15, 0.2) is 0 Å². The molecule has 2 aromatic carbocycles. The van der Waals surface area contributed by atoms with Crippen molar-refractivity contribution in [1.82, 2.24) is 5.32 Å². The van der Waals surface area contributed by atoms with Gasteiger partial charge in [0.1, 0.15) is 13.2 Å². The highest BCUT2D eigenvalue weighted by molar-refractivity contribution is 5.89. The number of carbonyl (C=O) groups is 2. The Balaban J connectivity index is 1.83. The van der Waals surface area contributed by atoms with E-state index in [1.54, 1.807) is 0 Å². The van der Waals surface area contributed by atoms with E-state index in [1.165, 1.54) is 0 Å². The molecule has 0 aliphatic carbocycles. The molecule has 4 heteroatoms. The predicted octanol–water partition coefficient (Wildman–Crippen LogP) is 2.82. The average molecular weight is 311 g/mol. The first-order valence-corrected chi connectivity index (χ1v) is 7.53. The Hall–Kier alpha value is -2.62. The molecule has 2 rings (SSSR count). The highest BCUT2D eigenvalue weighted by Gasteiger charge is 2.29. The molecule has 0 aliphatic rings. The van der Waals surface area contributed by atoms with Crippen molar-refractivity contribution in [2.45, 2.75) is 25.9 Å². The van der Waals surface area contributed by atoms with Crippen LogP contribution >= 0.6 is 0 Å². The van der Waals surface area contributed by atoms with Gasteiger partial charge in [-0.25, -0.2) is 0 Å². The molecule has 0 bridgehead atoms. The molecule has 0 aliphatic heterocycles. The number of hydrogen-bond donors (Lipinski definition) is 1. The molecule has 1 amide bonds. The van der Waals surface area contributed by atoms with Crippen molar-refractivity contribution in [3.05, 3.63) is 71.8 Å². The summed E-state index contributed by atoms with van der Waals surface area (Å²) in [5.41, 5.74) is 1.10. The molecule has 0 saturated heterocycles. The molecule has 120 valence electrons. The van der Waals surface area contributed by atoms with E-state index in [1.807, 2.05) is 74.5 Å². The molecular weight excluding hydrogens is 290 g/mol. The largest absolute Gasteiger partial charge is 0.460 e. The summed E-state index contributed by atoms with van der Waals surface area (Å²) in [4.78, 5) is 24.1. The van der Waals surface area contributed by atoms with Gasteiger partial charge < -0.3 is 10.1 Å². The van der Waals surface area contributed by atoms with Crippen LogP contribution in [-0.4, -0.2) is 18.4 Å². The third kappa shape index (κ3) is 4.68. The van der Waals surface area contributed by atoms with Gasteiger partial charge in [-0.15, -0.1) is 0 Å². The SMILES string of the molecule is CC(C)(C(=O)NCC(=O)OCc1ccccc1)c1ccccc1. The topological polar surface area (TPSA) is 55.4 Å². The Morgan fingerprint density at radius 2 is 1.52 bits per heavy atom. The standard InChI is InChI=1S/C19H21NO3/c1-19(2,16-11-7-4-8-12-16)18(22)20-13-17(21)23-14-15-9-5-3-6-10-15/h3-12H,13-14H2,1-2H3,(H,20,22). The van der Waals surface area contributed by atoms with E-state index in [2.05, 4.69) is 5.32 Å². The fourth-order valence-corrected chi connectivity index (χ4v) is 2.15. The van der Waals surface area contributed by atoms with E-state index in [-0.39, 0.29) is 19.1 Å². The highest BCUT2D eigenvalue weighted by atomic mass is 16.5. The molecule has 0 radical (unpaired) electrons. The first-order valence-electron chi connectivity index (χ1n) is 7.53. The molecule has 4 nitrogen and oxygen atoms in total. The first kappa shape index (κ1) is 16.7. The monoisotopic (exact) mass is 311 g/mol. The normalized spacial score (nSPS) is 10.9. The zero-order chi connectivity index (χ0) is 16.7. The Bertz CT molecular complexity index is 651. The van der Waals surface area contributed by atoms with E-state index < -0.39 is 11.4 Å². The maximum absolute atomic E-state index is 12.3. The molecule has 0 unspecified atom stereocenters. The summed E-state index contributed by atoms with van der Waals surface area (Å²) in [6.07, 6.45) is 0. The third-order valence-electron chi connectivity index (χ3n) is 3.70. The fraction of sp³-hybridized carbons (Fsp3) is 0.263. The van der Waals surface area contributed by atoms with Crippen LogP contribution in [0.3, 0.4) is 0 Å². The Labute approximate surface area is 136 Å². The second-order valence-corrected chi connectivity index (χ2v) is 5.82. The van der Waals surface area contributed by atoms with Crippen LogP contribution < -0.4 is 5.32 Å². The molecule has 0 spiro atoms. The van der Waals surface area contributed by atoms with Crippen molar-refractivity contribution < 1.29 is 14.3 Å². The summed E-state index contributed by atoms with van der Waals surface area (Å²) in [6.45, 7) is 3.72. The average Bonchev–Trinajstić information content (AvgIpc) is 2.59. The van der Waals surface area contributed by atoms with Gasteiger partial charge in [0, 0.05) is 0 Å². The van der Waals surface area contributed by atoms with Gasteiger partial charge in [0.05, 0.1) is 5.41 Å². The fourth-order valence-electron chi connectivity index (χ4n) is 2.15.